The van der Waals surface area contributed by atoms with Gasteiger partial charge in [-0.2, -0.15) is 0 Å². The summed E-state index contributed by atoms with van der Waals surface area (Å²) < 4.78 is 0. The van der Waals surface area contributed by atoms with E-state index < -0.39 is 10.8 Å². The van der Waals surface area contributed by atoms with E-state index in [-0.39, 0.29) is 11.7 Å². The van der Waals surface area contributed by atoms with Crippen molar-refractivity contribution >= 4 is 45.4 Å². The quantitative estimate of drug-likeness (QED) is 0.663. The number of carboxylic acid groups (broad SMARTS) is 1. The maximum atomic E-state index is 11.4. The zero-order chi connectivity index (χ0) is 13.7. The molecule has 5 heteroatoms. The minimum atomic E-state index is -1.04. The van der Waals surface area contributed by atoms with Crippen molar-refractivity contribution in [1.29, 1.82) is 0 Å². The van der Waals surface area contributed by atoms with Gasteiger partial charge in [0.25, 0.3) is 0 Å². The van der Waals surface area contributed by atoms with E-state index in [1.165, 1.54) is 13.0 Å². The average molecular weight is 332 g/mol. The number of hydrogen-bond acceptors (Lipinski definition) is 2. The first-order valence-electron chi connectivity index (χ1n) is 5.20. The van der Waals surface area contributed by atoms with E-state index in [0.717, 1.165) is 17.2 Å². The molecule has 0 aliphatic carbocycles. The normalized spacial score (nSPS) is 12.6. The molecule has 1 rings (SSSR count). The largest absolute Gasteiger partial charge is 0.478 e. The number of rotatable bonds is 5. The summed E-state index contributed by atoms with van der Waals surface area (Å²) in [6.45, 7) is 1.47. The fourth-order valence-electron chi connectivity index (χ4n) is 1.55. The van der Waals surface area contributed by atoms with Crippen molar-refractivity contribution in [3.8, 4) is 0 Å². The summed E-state index contributed by atoms with van der Waals surface area (Å²) in [6, 6.07) is 5.37. The summed E-state index contributed by atoms with van der Waals surface area (Å²) in [5.41, 5.74) is 2.18. The molecule has 0 bridgehead atoms. The van der Waals surface area contributed by atoms with Crippen molar-refractivity contribution in [2.45, 2.75) is 17.6 Å². The maximum Gasteiger partial charge on any atom is 0.328 e. The molecule has 1 aromatic rings. The molecule has 0 saturated heterocycles. The average Bonchev–Trinajstić information content (AvgIpc) is 2.34. The van der Waals surface area contributed by atoms with Gasteiger partial charge in [0.05, 0.1) is 4.83 Å². The molecule has 96 valence electrons. The number of alkyl halides is 2. The van der Waals surface area contributed by atoms with Gasteiger partial charge in [0.1, 0.15) is 5.78 Å². The van der Waals surface area contributed by atoms with Crippen LogP contribution in [0.5, 0.6) is 0 Å². The van der Waals surface area contributed by atoms with E-state index >= 15 is 0 Å². The van der Waals surface area contributed by atoms with Gasteiger partial charge >= 0.3 is 5.97 Å². The van der Waals surface area contributed by atoms with E-state index in [1.54, 1.807) is 18.2 Å². The zero-order valence-electron chi connectivity index (χ0n) is 9.69. The van der Waals surface area contributed by atoms with Crippen molar-refractivity contribution in [2.75, 3.05) is 0 Å². The second kappa shape index (κ2) is 6.71. The summed E-state index contributed by atoms with van der Waals surface area (Å²) in [5, 5.41) is 8.68. The van der Waals surface area contributed by atoms with Crippen LogP contribution < -0.4 is 0 Å². The van der Waals surface area contributed by atoms with Gasteiger partial charge in [0, 0.05) is 12.0 Å². The Kier molecular flexibility index (Phi) is 5.56. The molecule has 0 aliphatic rings. The summed E-state index contributed by atoms with van der Waals surface area (Å²) in [6.07, 6.45) is 2.50. The number of carbonyl (C=O) groups is 2. The highest BCUT2D eigenvalue weighted by atomic mass is 79.9. The Morgan fingerprint density at radius 1 is 1.50 bits per heavy atom. The van der Waals surface area contributed by atoms with Gasteiger partial charge < -0.3 is 5.11 Å². The van der Waals surface area contributed by atoms with Crippen LogP contribution in [0.3, 0.4) is 0 Å². The van der Waals surface area contributed by atoms with E-state index in [9.17, 15) is 9.59 Å². The summed E-state index contributed by atoms with van der Waals surface area (Å²) in [4.78, 5) is 21.5. The van der Waals surface area contributed by atoms with Gasteiger partial charge in [-0.15, -0.1) is 11.6 Å². The van der Waals surface area contributed by atoms with Crippen LogP contribution in [0.2, 0.25) is 0 Å². The van der Waals surface area contributed by atoms with Crippen LogP contribution in [-0.4, -0.2) is 16.9 Å². The van der Waals surface area contributed by atoms with Gasteiger partial charge in [0.2, 0.25) is 0 Å². The van der Waals surface area contributed by atoms with E-state index in [0.29, 0.717) is 5.56 Å². The van der Waals surface area contributed by atoms with Crippen LogP contribution in [0.1, 0.15) is 28.4 Å². The Morgan fingerprint density at radius 3 is 2.67 bits per heavy atom. The number of carboxylic acids is 1. The number of benzene rings is 1. The first kappa shape index (κ1) is 14.9. The Bertz CT molecular complexity index is 497. The Morgan fingerprint density at radius 2 is 2.17 bits per heavy atom. The molecule has 0 amide bonds. The summed E-state index contributed by atoms with van der Waals surface area (Å²) in [7, 11) is 0. The number of ketones is 1. The Balaban J connectivity index is 3.33. The lowest BCUT2D eigenvalue weighted by molar-refractivity contribution is -0.131. The molecule has 0 fully saturated rings. The van der Waals surface area contributed by atoms with Gasteiger partial charge in [0.15, 0.2) is 0 Å². The van der Waals surface area contributed by atoms with Crippen molar-refractivity contribution in [1.82, 2.24) is 0 Å². The number of carbonyl (C=O) groups excluding carboxylic acids is 1. The molecular weight excluding hydrogens is 319 g/mol. The van der Waals surface area contributed by atoms with Gasteiger partial charge in [-0.3, -0.25) is 4.79 Å². The van der Waals surface area contributed by atoms with Crippen molar-refractivity contribution in [3.63, 3.8) is 0 Å². The monoisotopic (exact) mass is 330 g/mol. The Labute approximate surface area is 119 Å². The lowest BCUT2D eigenvalue weighted by atomic mass is 9.97. The minimum Gasteiger partial charge on any atom is -0.478 e. The second-order valence-electron chi connectivity index (χ2n) is 3.70. The van der Waals surface area contributed by atoms with E-state index in [4.69, 9.17) is 16.7 Å². The predicted octanol–water partition coefficient (Wildman–Crippen LogP) is 3.55. The molecule has 0 saturated carbocycles. The lowest BCUT2D eigenvalue weighted by Crippen LogP contribution is -2.05. The van der Waals surface area contributed by atoms with E-state index in [2.05, 4.69) is 15.9 Å². The van der Waals surface area contributed by atoms with Crippen LogP contribution in [0, 0.1) is 0 Å². The smallest absolute Gasteiger partial charge is 0.328 e. The molecule has 1 aromatic carbocycles. The van der Waals surface area contributed by atoms with Crippen molar-refractivity contribution < 1.29 is 14.7 Å². The summed E-state index contributed by atoms with van der Waals surface area (Å²) >= 11 is 9.12. The van der Waals surface area contributed by atoms with Crippen LogP contribution >= 0.6 is 27.5 Å². The standard InChI is InChI=1S/C13H12BrClO3/c1-8(16)13(14)11-4-2-3-9(7-15)10(11)5-6-12(17)18/h2-6,13H,7H2,1H3,(H,17,18). The van der Waals surface area contributed by atoms with Crippen LogP contribution in [0.15, 0.2) is 24.3 Å². The Hall–Kier alpha value is -1.13. The molecule has 1 atom stereocenters. The van der Waals surface area contributed by atoms with Crippen LogP contribution in [0.4, 0.5) is 0 Å². The van der Waals surface area contributed by atoms with Crippen molar-refractivity contribution in [2.24, 2.45) is 0 Å². The highest BCUT2D eigenvalue weighted by molar-refractivity contribution is 9.09. The number of aliphatic carboxylic acids is 1. The zero-order valence-corrected chi connectivity index (χ0v) is 12.0. The first-order chi connectivity index (χ1) is 8.47. The van der Waals surface area contributed by atoms with Gasteiger partial charge in [-0.1, -0.05) is 34.1 Å². The SMILES string of the molecule is CC(=O)C(Br)c1cccc(CCl)c1C=CC(=O)O. The molecule has 1 unspecified atom stereocenters. The predicted molar refractivity (Wildman–Crippen MR) is 75.0 cm³/mol. The topological polar surface area (TPSA) is 54.4 Å². The molecule has 1 N–H and O–H groups in total. The maximum absolute atomic E-state index is 11.4. The highest BCUT2D eigenvalue weighted by Gasteiger charge is 2.17. The third-order valence-corrected chi connectivity index (χ3v) is 3.82. The third-order valence-electron chi connectivity index (χ3n) is 2.40. The molecule has 18 heavy (non-hydrogen) atoms. The minimum absolute atomic E-state index is 0.0494. The first-order valence-corrected chi connectivity index (χ1v) is 6.65. The molecule has 0 spiro atoms. The number of Topliss-reactive ketones (excluding diaryl/α,β-unsaturated/α-hetero) is 1. The number of halogens is 2. The fourth-order valence-corrected chi connectivity index (χ4v) is 2.18. The number of hydrogen-bond donors (Lipinski definition) is 1. The van der Waals surface area contributed by atoms with Gasteiger partial charge in [-0.25, -0.2) is 4.79 Å². The fraction of sp³-hybridized carbons (Fsp3) is 0.231. The molecular formula is C13H12BrClO3. The molecule has 0 radical (unpaired) electrons. The molecule has 3 nitrogen and oxygen atoms in total. The second-order valence-corrected chi connectivity index (χ2v) is 4.88. The summed E-state index contributed by atoms with van der Waals surface area (Å²) in [5.74, 6) is -0.837. The lowest BCUT2D eigenvalue weighted by Gasteiger charge is -2.13. The third kappa shape index (κ3) is 3.68. The highest BCUT2D eigenvalue weighted by Crippen LogP contribution is 2.30. The van der Waals surface area contributed by atoms with Crippen molar-refractivity contribution in [3.05, 3.63) is 41.0 Å². The van der Waals surface area contributed by atoms with Crippen LogP contribution in [-0.2, 0) is 15.5 Å². The van der Waals surface area contributed by atoms with Crippen LogP contribution in [0.25, 0.3) is 6.08 Å². The van der Waals surface area contributed by atoms with E-state index in [1.807, 2.05) is 0 Å². The molecule has 0 aliphatic heterocycles. The molecule has 0 aromatic heterocycles. The van der Waals surface area contributed by atoms with Gasteiger partial charge in [-0.05, 0) is 29.7 Å². The molecule has 0 heterocycles.